The minimum Gasteiger partial charge on any atom is -0.393 e. The van der Waals surface area contributed by atoms with Crippen LogP contribution in [-0.4, -0.2) is 49.0 Å². The van der Waals surface area contributed by atoms with Gasteiger partial charge < -0.3 is 9.84 Å². The van der Waals surface area contributed by atoms with Crippen LogP contribution in [-0.2, 0) is 4.74 Å². The van der Waals surface area contributed by atoms with E-state index in [0.29, 0.717) is 6.04 Å². The number of rotatable bonds is 6. The normalized spacial score (nSPS) is 30.9. The average Bonchev–Trinajstić information content (AvgIpc) is 2.30. The lowest BCUT2D eigenvalue weighted by Crippen LogP contribution is -2.46. The lowest BCUT2D eigenvalue weighted by atomic mass is 9.80. The number of aliphatic hydroxyl groups excluding tert-OH is 1. The fourth-order valence-corrected chi connectivity index (χ4v) is 2.88. The number of hydrogen-bond donors (Lipinski definition) is 1. The van der Waals surface area contributed by atoms with Crippen LogP contribution in [0.1, 0.15) is 39.5 Å². The van der Waals surface area contributed by atoms with E-state index in [0.717, 1.165) is 38.5 Å². The predicted octanol–water partition coefficient (Wildman–Crippen LogP) is 1.89. The molecule has 0 aromatic rings. The Morgan fingerprint density at radius 3 is 2.62 bits per heavy atom. The third-order valence-corrected chi connectivity index (χ3v) is 3.91. The topological polar surface area (TPSA) is 32.7 Å². The summed E-state index contributed by atoms with van der Waals surface area (Å²) < 4.78 is 5.16. The van der Waals surface area contributed by atoms with Crippen molar-refractivity contribution in [3.05, 3.63) is 0 Å². The summed E-state index contributed by atoms with van der Waals surface area (Å²) in [6, 6.07) is 0.550. The lowest BCUT2D eigenvalue weighted by molar-refractivity contribution is 0.0173. The van der Waals surface area contributed by atoms with Gasteiger partial charge in [-0.25, -0.2) is 0 Å². The highest BCUT2D eigenvalue weighted by atomic mass is 16.5. The van der Waals surface area contributed by atoms with E-state index in [2.05, 4.69) is 18.7 Å². The zero-order valence-corrected chi connectivity index (χ0v) is 11.0. The van der Waals surface area contributed by atoms with E-state index in [9.17, 15) is 5.11 Å². The molecule has 0 radical (unpaired) electrons. The molecule has 3 heteroatoms. The van der Waals surface area contributed by atoms with Gasteiger partial charge in [0.2, 0.25) is 0 Å². The van der Waals surface area contributed by atoms with Crippen LogP contribution in [0.5, 0.6) is 0 Å². The summed E-state index contributed by atoms with van der Waals surface area (Å²) in [6.45, 7) is 7.29. The molecule has 0 aromatic carbocycles. The van der Waals surface area contributed by atoms with E-state index in [1.54, 1.807) is 7.11 Å². The van der Waals surface area contributed by atoms with Crippen molar-refractivity contribution >= 4 is 0 Å². The molecule has 0 aromatic heterocycles. The summed E-state index contributed by atoms with van der Waals surface area (Å²) in [7, 11) is 1.75. The van der Waals surface area contributed by atoms with E-state index in [-0.39, 0.29) is 6.10 Å². The van der Waals surface area contributed by atoms with Crippen molar-refractivity contribution in [1.29, 1.82) is 0 Å². The maximum Gasteiger partial charge on any atom is 0.0589 e. The third kappa shape index (κ3) is 3.72. The predicted molar refractivity (Wildman–Crippen MR) is 66.5 cm³/mol. The fraction of sp³-hybridized carbons (Fsp3) is 1.00. The van der Waals surface area contributed by atoms with Gasteiger partial charge in [-0.05, 0) is 31.7 Å². The maximum absolute atomic E-state index is 9.80. The quantitative estimate of drug-likeness (QED) is 0.755. The minimum absolute atomic E-state index is 0.0932. The van der Waals surface area contributed by atoms with Gasteiger partial charge in [0.1, 0.15) is 0 Å². The Morgan fingerprint density at radius 2 is 2.06 bits per heavy atom. The summed E-state index contributed by atoms with van der Waals surface area (Å²) >= 11 is 0. The van der Waals surface area contributed by atoms with Crippen molar-refractivity contribution in [2.75, 3.05) is 26.8 Å². The number of methoxy groups -OCH3 is 1. The summed E-state index contributed by atoms with van der Waals surface area (Å²) in [5.41, 5.74) is 0. The van der Waals surface area contributed by atoms with Crippen molar-refractivity contribution in [2.45, 2.75) is 51.7 Å². The van der Waals surface area contributed by atoms with Crippen molar-refractivity contribution in [3.63, 3.8) is 0 Å². The highest BCUT2D eigenvalue weighted by molar-refractivity contribution is 4.86. The first kappa shape index (κ1) is 13.9. The lowest BCUT2D eigenvalue weighted by Gasteiger charge is -2.41. The molecule has 1 saturated carbocycles. The molecule has 1 fully saturated rings. The largest absolute Gasteiger partial charge is 0.393 e. The molecule has 0 spiro atoms. The van der Waals surface area contributed by atoms with Gasteiger partial charge in [-0.1, -0.05) is 20.3 Å². The molecule has 3 unspecified atom stereocenters. The molecule has 0 amide bonds. The first-order valence-electron chi connectivity index (χ1n) is 6.63. The van der Waals surface area contributed by atoms with Crippen molar-refractivity contribution in [3.8, 4) is 0 Å². The maximum atomic E-state index is 9.80. The van der Waals surface area contributed by atoms with Gasteiger partial charge in [-0.15, -0.1) is 0 Å². The number of hydrogen-bond acceptors (Lipinski definition) is 3. The molecule has 0 bridgehead atoms. The van der Waals surface area contributed by atoms with Crippen LogP contribution < -0.4 is 0 Å². The Hall–Kier alpha value is -0.120. The van der Waals surface area contributed by atoms with E-state index in [1.807, 2.05) is 0 Å². The molecule has 1 N–H and O–H groups in total. The number of aliphatic hydroxyl groups is 1. The van der Waals surface area contributed by atoms with Crippen LogP contribution in [0.15, 0.2) is 0 Å². The molecule has 1 rings (SSSR count). The van der Waals surface area contributed by atoms with Gasteiger partial charge in [0.05, 0.1) is 12.7 Å². The zero-order valence-electron chi connectivity index (χ0n) is 11.0. The molecule has 1 aliphatic rings. The second kappa shape index (κ2) is 7.25. The Bertz CT molecular complexity index is 187. The van der Waals surface area contributed by atoms with Crippen molar-refractivity contribution in [1.82, 2.24) is 4.90 Å². The minimum atomic E-state index is -0.0932. The first-order chi connectivity index (χ1) is 7.72. The van der Waals surface area contributed by atoms with Gasteiger partial charge in [0, 0.05) is 19.7 Å². The van der Waals surface area contributed by atoms with Crippen molar-refractivity contribution in [2.24, 2.45) is 5.92 Å². The Balaban J connectivity index is 2.55. The van der Waals surface area contributed by atoms with Gasteiger partial charge in [-0.3, -0.25) is 4.90 Å². The molecule has 0 heterocycles. The fourth-order valence-electron chi connectivity index (χ4n) is 2.88. The Morgan fingerprint density at radius 1 is 1.31 bits per heavy atom. The van der Waals surface area contributed by atoms with Crippen LogP contribution in [0.4, 0.5) is 0 Å². The van der Waals surface area contributed by atoms with Gasteiger partial charge >= 0.3 is 0 Å². The van der Waals surface area contributed by atoms with Crippen LogP contribution in [0.2, 0.25) is 0 Å². The van der Waals surface area contributed by atoms with Crippen LogP contribution in [0.25, 0.3) is 0 Å². The summed E-state index contributed by atoms with van der Waals surface area (Å²) in [6.07, 6.45) is 4.23. The molecule has 16 heavy (non-hydrogen) atoms. The number of likely N-dealkylation sites (N-methyl/N-ethyl adjacent to an activating group) is 1. The van der Waals surface area contributed by atoms with E-state index >= 15 is 0 Å². The number of ether oxygens (including phenoxy) is 1. The SMILES string of the molecule is CCC1CCC(O)CC1N(CC)CCOC. The first-order valence-corrected chi connectivity index (χ1v) is 6.63. The van der Waals surface area contributed by atoms with Gasteiger partial charge in [0.15, 0.2) is 0 Å². The molecular formula is C13H27NO2. The van der Waals surface area contributed by atoms with Crippen LogP contribution >= 0.6 is 0 Å². The van der Waals surface area contributed by atoms with E-state index < -0.39 is 0 Å². The highest BCUT2D eigenvalue weighted by Crippen LogP contribution is 2.30. The van der Waals surface area contributed by atoms with Crippen LogP contribution in [0, 0.1) is 5.92 Å². The molecule has 96 valence electrons. The molecule has 0 aliphatic heterocycles. The highest BCUT2D eigenvalue weighted by Gasteiger charge is 2.31. The zero-order chi connectivity index (χ0) is 12.0. The third-order valence-electron chi connectivity index (χ3n) is 3.91. The summed E-state index contributed by atoms with van der Waals surface area (Å²) in [5.74, 6) is 0.750. The van der Waals surface area contributed by atoms with Gasteiger partial charge in [0.25, 0.3) is 0 Å². The molecule has 0 saturated heterocycles. The standard InChI is InChI=1S/C13H27NO2/c1-4-11-6-7-12(15)10-13(11)14(5-2)8-9-16-3/h11-13,15H,4-10H2,1-3H3. The smallest absolute Gasteiger partial charge is 0.0589 e. The summed E-state index contributed by atoms with van der Waals surface area (Å²) in [5, 5.41) is 9.80. The molecular weight excluding hydrogens is 202 g/mol. The Kier molecular flexibility index (Phi) is 6.32. The average molecular weight is 229 g/mol. The van der Waals surface area contributed by atoms with Crippen molar-refractivity contribution < 1.29 is 9.84 Å². The second-order valence-electron chi connectivity index (χ2n) is 4.82. The molecule has 3 nitrogen and oxygen atoms in total. The van der Waals surface area contributed by atoms with Crippen LogP contribution in [0.3, 0.4) is 0 Å². The molecule has 1 aliphatic carbocycles. The van der Waals surface area contributed by atoms with E-state index in [4.69, 9.17) is 4.74 Å². The number of nitrogens with zero attached hydrogens (tertiary/aromatic N) is 1. The summed E-state index contributed by atoms with van der Waals surface area (Å²) in [4.78, 5) is 2.47. The monoisotopic (exact) mass is 229 g/mol. The second-order valence-corrected chi connectivity index (χ2v) is 4.82. The van der Waals surface area contributed by atoms with E-state index in [1.165, 1.54) is 12.8 Å². The molecule has 3 atom stereocenters. The van der Waals surface area contributed by atoms with Gasteiger partial charge in [-0.2, -0.15) is 0 Å². The Labute approximate surface area is 99.8 Å².